The Morgan fingerprint density at radius 3 is 2.85 bits per heavy atom. The van der Waals surface area contributed by atoms with Crippen molar-refractivity contribution in [1.29, 1.82) is 0 Å². The maximum atomic E-state index is 12.8. The van der Waals surface area contributed by atoms with Crippen molar-refractivity contribution in [2.75, 3.05) is 31.5 Å². The van der Waals surface area contributed by atoms with Crippen molar-refractivity contribution in [3.05, 3.63) is 46.4 Å². The topological polar surface area (TPSA) is 53.1 Å². The molecule has 0 aliphatic carbocycles. The van der Waals surface area contributed by atoms with E-state index in [0.29, 0.717) is 11.7 Å². The highest BCUT2D eigenvalue weighted by molar-refractivity contribution is 6.29. The van der Waals surface area contributed by atoms with Gasteiger partial charge in [0.1, 0.15) is 11.0 Å². The Hall–Kier alpha value is -1.90. The summed E-state index contributed by atoms with van der Waals surface area (Å²) < 4.78 is 38.5. The van der Waals surface area contributed by atoms with Gasteiger partial charge in [-0.25, -0.2) is 9.97 Å². The van der Waals surface area contributed by atoms with E-state index in [1.807, 2.05) is 18.2 Å². The van der Waals surface area contributed by atoms with Crippen molar-refractivity contribution < 1.29 is 13.2 Å². The normalized spacial score (nSPS) is 20.4. The van der Waals surface area contributed by atoms with E-state index >= 15 is 0 Å². The van der Waals surface area contributed by atoms with Crippen molar-refractivity contribution in [3.63, 3.8) is 0 Å². The molecular weight excluding hydrogens is 367 g/mol. The molecule has 1 aromatic carbocycles. The van der Waals surface area contributed by atoms with E-state index in [1.54, 1.807) is 0 Å². The quantitative estimate of drug-likeness (QED) is 0.778. The second kappa shape index (κ2) is 6.68. The molecule has 1 atom stereocenters. The van der Waals surface area contributed by atoms with E-state index in [1.165, 1.54) is 17.2 Å². The Morgan fingerprint density at radius 2 is 2.04 bits per heavy atom. The molecule has 26 heavy (non-hydrogen) atoms. The Bertz CT molecular complexity index is 827. The summed E-state index contributed by atoms with van der Waals surface area (Å²) in [6.45, 7) is 3.93. The number of alkyl halides is 3. The summed E-state index contributed by atoms with van der Waals surface area (Å²) >= 11 is 5.71. The molecule has 3 heterocycles. The van der Waals surface area contributed by atoms with Gasteiger partial charge in [0.2, 0.25) is 5.82 Å². The van der Waals surface area contributed by atoms with Gasteiger partial charge in [-0.3, -0.25) is 4.90 Å². The maximum Gasteiger partial charge on any atom is 0.451 e. The van der Waals surface area contributed by atoms with Crippen molar-refractivity contribution in [2.24, 2.45) is 0 Å². The average molecular weight is 384 g/mol. The minimum absolute atomic E-state index is 0.0223. The molecule has 0 spiro atoms. The van der Waals surface area contributed by atoms with Gasteiger partial charge in [0, 0.05) is 44.0 Å². The number of fused-ring (bicyclic) bond motifs is 3. The zero-order valence-electron chi connectivity index (χ0n) is 13.8. The standard InChI is InChI=1S/C17H17ClF3N5/c18-14-8-15(25-16(24-14)17(19,20)21)23-11-1-2-12-10(7-11)3-5-26-6-4-22-9-13(12)26/h1-2,7-8,13,22H,3-6,9H2,(H,23,24,25). The first-order valence-electron chi connectivity index (χ1n) is 8.36. The fourth-order valence-electron chi connectivity index (χ4n) is 3.57. The van der Waals surface area contributed by atoms with Gasteiger partial charge in [0.25, 0.3) is 0 Å². The lowest BCUT2D eigenvalue weighted by atomic mass is 9.91. The van der Waals surface area contributed by atoms with Crippen LogP contribution in [0.1, 0.15) is 23.0 Å². The van der Waals surface area contributed by atoms with Gasteiger partial charge in [-0.15, -0.1) is 0 Å². The van der Waals surface area contributed by atoms with Crippen LogP contribution in [0.25, 0.3) is 0 Å². The SMILES string of the molecule is FC(F)(F)c1nc(Cl)cc(Nc2ccc3c(c2)CCN2CCNCC32)n1. The van der Waals surface area contributed by atoms with Crippen molar-refractivity contribution in [1.82, 2.24) is 20.2 Å². The van der Waals surface area contributed by atoms with Gasteiger partial charge in [-0.1, -0.05) is 17.7 Å². The van der Waals surface area contributed by atoms with E-state index in [0.717, 1.165) is 32.6 Å². The number of hydrogen-bond donors (Lipinski definition) is 2. The van der Waals surface area contributed by atoms with Crippen LogP contribution in [0.5, 0.6) is 0 Å². The molecule has 0 radical (unpaired) electrons. The fourth-order valence-corrected chi connectivity index (χ4v) is 3.75. The highest BCUT2D eigenvalue weighted by Crippen LogP contribution is 2.33. The molecule has 0 amide bonds. The third-order valence-electron chi connectivity index (χ3n) is 4.75. The van der Waals surface area contributed by atoms with Crippen molar-refractivity contribution >= 4 is 23.1 Å². The second-order valence-electron chi connectivity index (χ2n) is 6.44. The number of nitrogens with zero attached hydrogens (tertiary/aromatic N) is 3. The summed E-state index contributed by atoms with van der Waals surface area (Å²) in [7, 11) is 0. The highest BCUT2D eigenvalue weighted by atomic mass is 35.5. The third kappa shape index (κ3) is 3.49. The van der Waals surface area contributed by atoms with Gasteiger partial charge in [-0.05, 0) is 29.7 Å². The molecule has 4 rings (SSSR count). The number of rotatable bonds is 2. The van der Waals surface area contributed by atoms with Gasteiger partial charge >= 0.3 is 6.18 Å². The molecule has 138 valence electrons. The summed E-state index contributed by atoms with van der Waals surface area (Å²) in [5, 5.41) is 6.07. The largest absolute Gasteiger partial charge is 0.451 e. The Kier molecular flexibility index (Phi) is 4.50. The molecule has 0 bridgehead atoms. The van der Waals surface area contributed by atoms with Crippen LogP contribution in [0.3, 0.4) is 0 Å². The first-order chi connectivity index (χ1) is 12.4. The molecule has 5 nitrogen and oxygen atoms in total. The first kappa shape index (κ1) is 17.5. The molecule has 2 N–H and O–H groups in total. The van der Waals surface area contributed by atoms with Crippen LogP contribution in [0.4, 0.5) is 24.7 Å². The number of hydrogen-bond acceptors (Lipinski definition) is 5. The lowest BCUT2D eigenvalue weighted by Gasteiger charge is -2.41. The van der Waals surface area contributed by atoms with E-state index in [9.17, 15) is 13.2 Å². The Balaban J connectivity index is 1.60. The fraction of sp³-hybridized carbons (Fsp3) is 0.412. The van der Waals surface area contributed by atoms with Crippen LogP contribution in [-0.4, -0.2) is 41.0 Å². The van der Waals surface area contributed by atoms with Crippen LogP contribution >= 0.6 is 11.6 Å². The van der Waals surface area contributed by atoms with E-state index in [-0.39, 0.29) is 11.0 Å². The smallest absolute Gasteiger partial charge is 0.340 e. The van der Waals surface area contributed by atoms with Crippen LogP contribution in [-0.2, 0) is 12.6 Å². The minimum Gasteiger partial charge on any atom is -0.340 e. The van der Waals surface area contributed by atoms with E-state index in [2.05, 4.69) is 25.5 Å². The number of nitrogens with one attached hydrogen (secondary N) is 2. The molecule has 0 saturated carbocycles. The predicted molar refractivity (Wildman–Crippen MR) is 92.7 cm³/mol. The zero-order chi connectivity index (χ0) is 18.3. The molecule has 1 saturated heterocycles. The van der Waals surface area contributed by atoms with Gasteiger partial charge in [-0.2, -0.15) is 13.2 Å². The highest BCUT2D eigenvalue weighted by Gasteiger charge is 2.35. The van der Waals surface area contributed by atoms with E-state index < -0.39 is 12.0 Å². The maximum absolute atomic E-state index is 12.8. The van der Waals surface area contributed by atoms with Crippen LogP contribution in [0.15, 0.2) is 24.3 Å². The van der Waals surface area contributed by atoms with Crippen LogP contribution in [0.2, 0.25) is 5.15 Å². The van der Waals surface area contributed by atoms with Crippen molar-refractivity contribution in [3.8, 4) is 0 Å². The minimum atomic E-state index is -4.64. The predicted octanol–water partition coefficient (Wildman–Crippen LogP) is 3.39. The third-order valence-corrected chi connectivity index (χ3v) is 4.94. The van der Waals surface area contributed by atoms with Crippen molar-refractivity contribution in [2.45, 2.75) is 18.6 Å². The lowest BCUT2D eigenvalue weighted by molar-refractivity contribution is -0.144. The molecule has 9 heteroatoms. The number of aromatic nitrogens is 2. The first-order valence-corrected chi connectivity index (χ1v) is 8.74. The number of piperazine rings is 1. The molecule has 2 aliphatic rings. The lowest BCUT2D eigenvalue weighted by Crippen LogP contribution is -2.48. The number of halogens is 4. The summed E-state index contributed by atoms with van der Waals surface area (Å²) in [5.41, 5.74) is 3.16. The average Bonchev–Trinajstić information content (AvgIpc) is 2.60. The Labute approximate surface area is 153 Å². The monoisotopic (exact) mass is 383 g/mol. The molecule has 2 aromatic rings. The Morgan fingerprint density at radius 1 is 1.19 bits per heavy atom. The van der Waals surface area contributed by atoms with Gasteiger partial charge < -0.3 is 10.6 Å². The second-order valence-corrected chi connectivity index (χ2v) is 6.83. The molecule has 1 unspecified atom stereocenters. The van der Waals surface area contributed by atoms with E-state index in [4.69, 9.17) is 11.6 Å². The molecule has 1 fully saturated rings. The summed E-state index contributed by atoms with van der Waals surface area (Å²) in [6, 6.07) is 7.51. The van der Waals surface area contributed by atoms with Gasteiger partial charge in [0.05, 0.1) is 0 Å². The van der Waals surface area contributed by atoms with Crippen LogP contribution < -0.4 is 10.6 Å². The number of anilines is 2. The zero-order valence-corrected chi connectivity index (χ0v) is 14.5. The summed E-state index contributed by atoms with van der Waals surface area (Å²) in [5.74, 6) is -1.23. The summed E-state index contributed by atoms with van der Waals surface area (Å²) in [4.78, 5) is 9.23. The van der Waals surface area contributed by atoms with Crippen LogP contribution in [0, 0.1) is 0 Å². The molecule has 2 aliphatic heterocycles. The molecule has 1 aromatic heterocycles. The summed E-state index contributed by atoms with van der Waals surface area (Å²) in [6.07, 6.45) is -3.73. The molecular formula is C17H17ClF3N5. The number of benzene rings is 1. The van der Waals surface area contributed by atoms with Gasteiger partial charge in [0.15, 0.2) is 0 Å².